The van der Waals surface area contributed by atoms with Gasteiger partial charge in [0.15, 0.2) is 0 Å². The molecule has 1 aliphatic heterocycles. The number of fused-ring (bicyclic) bond motifs is 1. The molecule has 8 heteroatoms. The standard InChI is InChI=1S/C15H10F3N3O2/c16-15(17,18)9-6-7(19)4-5-11(9)21-13(22)8-2-1-3-10(20)12(8)14(21)23/h1-6H,19-20H2. The van der Waals surface area contributed by atoms with Gasteiger partial charge >= 0.3 is 6.18 Å². The monoisotopic (exact) mass is 321 g/mol. The summed E-state index contributed by atoms with van der Waals surface area (Å²) >= 11 is 0. The summed E-state index contributed by atoms with van der Waals surface area (Å²) in [5.74, 6) is -1.74. The van der Waals surface area contributed by atoms with Gasteiger partial charge in [-0.05, 0) is 30.3 Å². The van der Waals surface area contributed by atoms with Crippen molar-refractivity contribution in [2.75, 3.05) is 16.4 Å². The molecule has 0 aliphatic carbocycles. The Hall–Kier alpha value is -3.03. The van der Waals surface area contributed by atoms with E-state index in [2.05, 4.69) is 0 Å². The predicted molar refractivity (Wildman–Crippen MR) is 77.9 cm³/mol. The molecule has 0 unspecified atom stereocenters. The van der Waals surface area contributed by atoms with Crippen molar-refractivity contribution in [3.63, 3.8) is 0 Å². The summed E-state index contributed by atoms with van der Waals surface area (Å²) in [5, 5.41) is 0. The maximum atomic E-state index is 13.2. The lowest BCUT2D eigenvalue weighted by Gasteiger charge is -2.20. The van der Waals surface area contributed by atoms with E-state index < -0.39 is 29.2 Å². The number of nitrogens with zero attached hydrogens (tertiary/aromatic N) is 1. The topological polar surface area (TPSA) is 89.4 Å². The third-order valence-electron chi connectivity index (χ3n) is 3.51. The molecule has 1 heterocycles. The molecular formula is C15H10F3N3O2. The molecule has 0 saturated carbocycles. The summed E-state index contributed by atoms with van der Waals surface area (Å²) in [4.78, 5) is 25.3. The summed E-state index contributed by atoms with van der Waals surface area (Å²) in [5.41, 5.74) is 9.11. The van der Waals surface area contributed by atoms with Crippen LogP contribution in [0.3, 0.4) is 0 Å². The predicted octanol–water partition coefficient (Wildman–Crippen LogP) is 2.67. The van der Waals surface area contributed by atoms with Gasteiger partial charge in [0.05, 0.1) is 22.4 Å². The van der Waals surface area contributed by atoms with Gasteiger partial charge in [-0.1, -0.05) is 6.07 Å². The maximum Gasteiger partial charge on any atom is 0.418 e. The molecule has 0 spiro atoms. The number of carbonyl (C=O) groups excluding carboxylic acids is 2. The molecule has 5 nitrogen and oxygen atoms in total. The summed E-state index contributed by atoms with van der Waals surface area (Å²) in [6.45, 7) is 0. The van der Waals surface area contributed by atoms with Gasteiger partial charge in [-0.3, -0.25) is 9.59 Å². The van der Waals surface area contributed by atoms with Crippen molar-refractivity contribution >= 4 is 28.9 Å². The Balaban J connectivity index is 2.21. The van der Waals surface area contributed by atoms with Crippen LogP contribution in [0, 0.1) is 0 Å². The van der Waals surface area contributed by atoms with Crippen LogP contribution in [0.25, 0.3) is 0 Å². The average molecular weight is 321 g/mol. The summed E-state index contributed by atoms with van der Waals surface area (Å²) in [6.07, 6.45) is -4.77. The van der Waals surface area contributed by atoms with Gasteiger partial charge in [0, 0.05) is 11.4 Å². The van der Waals surface area contributed by atoms with Crippen molar-refractivity contribution < 1.29 is 22.8 Å². The molecule has 118 valence electrons. The molecule has 2 aromatic carbocycles. The van der Waals surface area contributed by atoms with E-state index in [0.29, 0.717) is 11.0 Å². The van der Waals surface area contributed by atoms with Gasteiger partial charge in [-0.2, -0.15) is 13.2 Å². The molecule has 0 aromatic heterocycles. The molecule has 0 atom stereocenters. The maximum absolute atomic E-state index is 13.2. The Bertz CT molecular complexity index is 846. The van der Waals surface area contributed by atoms with E-state index in [1.807, 2.05) is 0 Å². The highest BCUT2D eigenvalue weighted by Gasteiger charge is 2.43. The third kappa shape index (κ3) is 2.19. The molecule has 23 heavy (non-hydrogen) atoms. The van der Waals surface area contributed by atoms with E-state index in [-0.39, 0.29) is 22.5 Å². The Morgan fingerprint density at radius 2 is 1.65 bits per heavy atom. The van der Waals surface area contributed by atoms with Gasteiger partial charge < -0.3 is 11.5 Å². The number of imide groups is 1. The van der Waals surface area contributed by atoms with E-state index >= 15 is 0 Å². The van der Waals surface area contributed by atoms with Gasteiger partial charge in [0.1, 0.15) is 0 Å². The lowest BCUT2D eigenvalue weighted by molar-refractivity contribution is -0.137. The minimum absolute atomic E-state index is 0.0278. The molecule has 0 radical (unpaired) electrons. The number of benzene rings is 2. The number of hydrogen-bond acceptors (Lipinski definition) is 4. The van der Waals surface area contributed by atoms with Crippen LogP contribution >= 0.6 is 0 Å². The third-order valence-corrected chi connectivity index (χ3v) is 3.51. The van der Waals surface area contributed by atoms with E-state index in [4.69, 9.17) is 11.5 Å². The van der Waals surface area contributed by atoms with Crippen molar-refractivity contribution in [1.82, 2.24) is 0 Å². The Morgan fingerprint density at radius 1 is 0.957 bits per heavy atom. The first-order valence-corrected chi connectivity index (χ1v) is 6.46. The Morgan fingerprint density at radius 3 is 2.26 bits per heavy atom. The van der Waals surface area contributed by atoms with Crippen LogP contribution in [0.2, 0.25) is 0 Å². The number of anilines is 3. The molecule has 0 fully saturated rings. The minimum Gasteiger partial charge on any atom is -0.399 e. The molecular weight excluding hydrogens is 311 g/mol. The van der Waals surface area contributed by atoms with Crippen molar-refractivity contribution in [3.8, 4) is 0 Å². The Labute approximate surface area is 128 Å². The highest BCUT2D eigenvalue weighted by molar-refractivity contribution is 6.36. The molecule has 2 aromatic rings. The smallest absolute Gasteiger partial charge is 0.399 e. The van der Waals surface area contributed by atoms with Crippen LogP contribution in [-0.2, 0) is 6.18 Å². The number of rotatable bonds is 1. The average Bonchev–Trinajstić information content (AvgIpc) is 2.71. The SMILES string of the molecule is Nc1ccc(N2C(=O)c3cccc(N)c3C2=O)c(C(F)(F)F)c1. The van der Waals surface area contributed by atoms with E-state index in [0.717, 1.165) is 6.07 Å². The van der Waals surface area contributed by atoms with E-state index in [1.54, 1.807) is 0 Å². The highest BCUT2D eigenvalue weighted by Crippen LogP contribution is 2.41. The first kappa shape index (κ1) is 14.9. The van der Waals surface area contributed by atoms with Crippen molar-refractivity contribution in [2.24, 2.45) is 0 Å². The molecule has 2 amide bonds. The fourth-order valence-electron chi connectivity index (χ4n) is 2.51. The Kier molecular flexibility index (Phi) is 3.06. The first-order chi connectivity index (χ1) is 10.7. The van der Waals surface area contributed by atoms with Gasteiger partial charge in [0.2, 0.25) is 0 Å². The van der Waals surface area contributed by atoms with Gasteiger partial charge in [-0.15, -0.1) is 0 Å². The number of alkyl halides is 3. The van der Waals surface area contributed by atoms with Crippen molar-refractivity contribution in [2.45, 2.75) is 6.18 Å². The van der Waals surface area contributed by atoms with Crippen LogP contribution in [0.1, 0.15) is 26.3 Å². The van der Waals surface area contributed by atoms with Crippen LogP contribution in [0.5, 0.6) is 0 Å². The normalized spacial score (nSPS) is 14.3. The van der Waals surface area contributed by atoms with Crippen LogP contribution in [0.4, 0.5) is 30.2 Å². The fourth-order valence-corrected chi connectivity index (χ4v) is 2.51. The second-order valence-corrected chi connectivity index (χ2v) is 4.99. The van der Waals surface area contributed by atoms with Crippen molar-refractivity contribution in [1.29, 1.82) is 0 Å². The second-order valence-electron chi connectivity index (χ2n) is 4.99. The molecule has 0 bridgehead atoms. The lowest BCUT2D eigenvalue weighted by atomic mass is 10.1. The van der Waals surface area contributed by atoms with Crippen LogP contribution in [0.15, 0.2) is 36.4 Å². The second kappa shape index (κ2) is 4.73. The number of carbonyl (C=O) groups is 2. The number of hydrogen-bond donors (Lipinski definition) is 2. The van der Waals surface area contributed by atoms with Crippen molar-refractivity contribution in [3.05, 3.63) is 53.1 Å². The number of nitrogen functional groups attached to an aromatic ring is 2. The summed E-state index contributed by atoms with van der Waals surface area (Å²) < 4.78 is 39.6. The zero-order valence-corrected chi connectivity index (χ0v) is 11.5. The molecule has 4 N–H and O–H groups in total. The van der Waals surface area contributed by atoms with Gasteiger partial charge in [-0.25, -0.2) is 4.90 Å². The van der Waals surface area contributed by atoms with Crippen LogP contribution < -0.4 is 16.4 Å². The number of nitrogens with two attached hydrogens (primary N) is 2. The van der Waals surface area contributed by atoms with Crippen LogP contribution in [-0.4, -0.2) is 11.8 Å². The molecule has 3 rings (SSSR count). The quantitative estimate of drug-likeness (QED) is 0.624. The molecule has 1 aliphatic rings. The number of amides is 2. The zero-order chi connectivity index (χ0) is 16.9. The summed E-state index contributed by atoms with van der Waals surface area (Å²) in [7, 11) is 0. The fraction of sp³-hybridized carbons (Fsp3) is 0.0667. The first-order valence-electron chi connectivity index (χ1n) is 6.46. The molecule has 0 saturated heterocycles. The largest absolute Gasteiger partial charge is 0.418 e. The lowest BCUT2D eigenvalue weighted by Crippen LogP contribution is -2.31. The van der Waals surface area contributed by atoms with Gasteiger partial charge in [0.25, 0.3) is 11.8 Å². The van der Waals surface area contributed by atoms with E-state index in [9.17, 15) is 22.8 Å². The summed E-state index contributed by atoms with van der Waals surface area (Å²) in [6, 6.07) is 7.07. The zero-order valence-electron chi connectivity index (χ0n) is 11.5. The van der Waals surface area contributed by atoms with E-state index in [1.165, 1.54) is 24.3 Å². The minimum atomic E-state index is -4.77. The highest BCUT2D eigenvalue weighted by atomic mass is 19.4. The number of halogens is 3.